The van der Waals surface area contributed by atoms with E-state index in [0.717, 1.165) is 37.3 Å². The lowest BCUT2D eigenvalue weighted by Crippen LogP contribution is -2.19. The van der Waals surface area contributed by atoms with Crippen molar-refractivity contribution >= 4 is 23.1 Å². The number of primary amides is 1. The summed E-state index contributed by atoms with van der Waals surface area (Å²) in [6.07, 6.45) is 7.99. The van der Waals surface area contributed by atoms with Gasteiger partial charge in [0, 0.05) is 37.1 Å². The van der Waals surface area contributed by atoms with E-state index in [2.05, 4.69) is 20.4 Å². The lowest BCUT2D eigenvalue weighted by atomic mass is 10.1. The summed E-state index contributed by atoms with van der Waals surface area (Å²) in [6.45, 7) is 1.55. The number of nitrogens with one attached hydrogen (secondary N) is 1. The van der Waals surface area contributed by atoms with Crippen molar-refractivity contribution < 1.29 is 9.53 Å². The van der Waals surface area contributed by atoms with Gasteiger partial charge in [-0.05, 0) is 42.7 Å². The number of hydrogen-bond acceptors (Lipinski definition) is 7. The number of nitrogens with zero attached hydrogens (tertiary/aromatic N) is 4. The quantitative estimate of drug-likeness (QED) is 0.583. The van der Waals surface area contributed by atoms with Crippen LogP contribution in [0.4, 0.5) is 17.2 Å². The third-order valence-electron chi connectivity index (χ3n) is 4.88. The van der Waals surface area contributed by atoms with Gasteiger partial charge in [-0.1, -0.05) is 0 Å². The average Bonchev–Trinajstić information content (AvgIpc) is 3.20. The summed E-state index contributed by atoms with van der Waals surface area (Å²) >= 11 is 0. The standard InChI is InChI=1S/C20H23N7O2/c21-17-11-23-18(9-13-10-24-27(12-13)16-5-7-29-8-6-16)26-20(17)25-15-3-1-14(2-4-15)19(22)28/h1-4,10-12,16H,5-9,21H2,(H2,22,28)(H,23,25,26). The zero-order valence-corrected chi connectivity index (χ0v) is 15.9. The van der Waals surface area contributed by atoms with Gasteiger partial charge in [-0.3, -0.25) is 9.48 Å². The third-order valence-corrected chi connectivity index (χ3v) is 4.88. The number of nitrogens with two attached hydrogens (primary N) is 2. The summed E-state index contributed by atoms with van der Waals surface area (Å²) < 4.78 is 7.42. The number of hydrogen-bond donors (Lipinski definition) is 3. The van der Waals surface area contributed by atoms with E-state index in [-0.39, 0.29) is 0 Å². The van der Waals surface area contributed by atoms with Crippen LogP contribution in [0, 0.1) is 0 Å². The van der Waals surface area contributed by atoms with E-state index in [4.69, 9.17) is 16.2 Å². The van der Waals surface area contributed by atoms with Crippen molar-refractivity contribution in [1.29, 1.82) is 0 Å². The highest BCUT2D eigenvalue weighted by Gasteiger charge is 2.17. The number of rotatable bonds is 6. The molecule has 9 heteroatoms. The molecule has 0 saturated carbocycles. The van der Waals surface area contributed by atoms with E-state index in [1.54, 1.807) is 30.5 Å². The molecule has 1 aliphatic rings. The predicted molar refractivity (Wildman–Crippen MR) is 109 cm³/mol. The third kappa shape index (κ3) is 4.52. The Hall–Kier alpha value is -3.46. The van der Waals surface area contributed by atoms with Gasteiger partial charge in [0.05, 0.1) is 24.1 Å². The first-order chi connectivity index (χ1) is 14.1. The number of benzene rings is 1. The number of carbonyl (C=O) groups excluding carboxylic acids is 1. The van der Waals surface area contributed by atoms with Crippen LogP contribution in [-0.4, -0.2) is 38.9 Å². The van der Waals surface area contributed by atoms with Crippen LogP contribution in [0.3, 0.4) is 0 Å². The lowest BCUT2D eigenvalue weighted by molar-refractivity contribution is 0.0662. The maximum Gasteiger partial charge on any atom is 0.248 e. The molecule has 0 bridgehead atoms. The minimum Gasteiger partial charge on any atom is -0.394 e. The van der Waals surface area contributed by atoms with Crippen molar-refractivity contribution in [2.24, 2.45) is 5.73 Å². The topological polar surface area (TPSA) is 134 Å². The summed E-state index contributed by atoms with van der Waals surface area (Å²) in [5.41, 5.74) is 14.0. The monoisotopic (exact) mass is 393 g/mol. The van der Waals surface area contributed by atoms with Gasteiger partial charge < -0.3 is 21.5 Å². The first-order valence-electron chi connectivity index (χ1n) is 9.47. The Labute approximate surface area is 168 Å². The fraction of sp³-hybridized carbons (Fsp3) is 0.300. The van der Waals surface area contributed by atoms with Crippen molar-refractivity contribution in [3.8, 4) is 0 Å². The van der Waals surface area contributed by atoms with Gasteiger partial charge >= 0.3 is 0 Å². The highest BCUT2D eigenvalue weighted by atomic mass is 16.5. The van der Waals surface area contributed by atoms with Crippen LogP contribution in [0.1, 0.15) is 40.6 Å². The molecule has 4 rings (SSSR count). The maximum atomic E-state index is 11.2. The highest BCUT2D eigenvalue weighted by Crippen LogP contribution is 2.23. The number of amides is 1. The van der Waals surface area contributed by atoms with Gasteiger partial charge in [-0.2, -0.15) is 5.10 Å². The molecule has 5 N–H and O–H groups in total. The minimum atomic E-state index is -0.471. The Kier molecular flexibility index (Phi) is 5.39. The molecular weight excluding hydrogens is 370 g/mol. The molecule has 150 valence electrons. The Morgan fingerprint density at radius 3 is 2.69 bits per heavy atom. The fourth-order valence-electron chi connectivity index (χ4n) is 3.27. The van der Waals surface area contributed by atoms with Crippen molar-refractivity contribution in [3.05, 3.63) is 59.8 Å². The van der Waals surface area contributed by atoms with Crippen molar-refractivity contribution in [1.82, 2.24) is 19.7 Å². The van der Waals surface area contributed by atoms with Gasteiger partial charge in [-0.15, -0.1) is 0 Å². The second-order valence-corrected chi connectivity index (χ2v) is 7.01. The van der Waals surface area contributed by atoms with E-state index in [0.29, 0.717) is 35.4 Å². The van der Waals surface area contributed by atoms with Crippen molar-refractivity contribution in [2.75, 3.05) is 24.3 Å². The number of carbonyl (C=O) groups is 1. The molecule has 0 spiro atoms. The van der Waals surface area contributed by atoms with E-state index in [1.807, 2.05) is 17.1 Å². The number of aromatic nitrogens is 4. The van der Waals surface area contributed by atoms with Gasteiger partial charge in [-0.25, -0.2) is 9.97 Å². The normalized spacial score (nSPS) is 14.6. The number of nitrogen functional groups attached to an aromatic ring is 1. The van der Waals surface area contributed by atoms with E-state index in [9.17, 15) is 4.79 Å². The van der Waals surface area contributed by atoms with Crippen LogP contribution >= 0.6 is 0 Å². The van der Waals surface area contributed by atoms with E-state index in [1.165, 1.54) is 0 Å². The second-order valence-electron chi connectivity index (χ2n) is 7.01. The Morgan fingerprint density at radius 2 is 1.97 bits per heavy atom. The molecule has 1 aromatic carbocycles. The Balaban J connectivity index is 1.46. The van der Waals surface area contributed by atoms with Crippen LogP contribution in [-0.2, 0) is 11.2 Å². The zero-order valence-electron chi connectivity index (χ0n) is 15.9. The first kappa shape index (κ1) is 18.9. The largest absolute Gasteiger partial charge is 0.394 e. The molecule has 0 unspecified atom stereocenters. The molecule has 0 radical (unpaired) electrons. The van der Waals surface area contributed by atoms with Gasteiger partial charge in [0.15, 0.2) is 5.82 Å². The number of ether oxygens (including phenoxy) is 1. The molecular formula is C20H23N7O2. The average molecular weight is 393 g/mol. The van der Waals surface area contributed by atoms with E-state index >= 15 is 0 Å². The van der Waals surface area contributed by atoms with Crippen LogP contribution in [0.2, 0.25) is 0 Å². The summed E-state index contributed by atoms with van der Waals surface area (Å²) in [6, 6.07) is 7.17. The lowest BCUT2D eigenvalue weighted by Gasteiger charge is -2.22. The van der Waals surface area contributed by atoms with Crippen LogP contribution in [0.5, 0.6) is 0 Å². The molecule has 1 fully saturated rings. The van der Waals surface area contributed by atoms with Crippen molar-refractivity contribution in [3.63, 3.8) is 0 Å². The summed E-state index contributed by atoms with van der Waals surface area (Å²) in [7, 11) is 0. The van der Waals surface area contributed by atoms with Crippen LogP contribution < -0.4 is 16.8 Å². The molecule has 29 heavy (non-hydrogen) atoms. The van der Waals surface area contributed by atoms with Gasteiger partial charge in [0.1, 0.15) is 5.82 Å². The zero-order chi connectivity index (χ0) is 20.2. The Bertz CT molecular complexity index is 994. The highest BCUT2D eigenvalue weighted by molar-refractivity contribution is 5.93. The molecule has 2 aromatic heterocycles. The fourth-order valence-corrected chi connectivity index (χ4v) is 3.27. The van der Waals surface area contributed by atoms with Crippen LogP contribution in [0.15, 0.2) is 42.9 Å². The smallest absolute Gasteiger partial charge is 0.248 e. The van der Waals surface area contributed by atoms with Crippen LogP contribution in [0.25, 0.3) is 0 Å². The summed E-state index contributed by atoms with van der Waals surface area (Å²) in [5.74, 6) is 0.683. The number of anilines is 3. The molecule has 0 atom stereocenters. The first-order valence-corrected chi connectivity index (χ1v) is 9.47. The molecule has 1 saturated heterocycles. The molecule has 0 aliphatic carbocycles. The molecule has 1 aliphatic heterocycles. The Morgan fingerprint density at radius 1 is 1.21 bits per heavy atom. The van der Waals surface area contributed by atoms with Gasteiger partial charge in [0.2, 0.25) is 5.91 Å². The summed E-state index contributed by atoms with van der Waals surface area (Å²) in [4.78, 5) is 20.1. The summed E-state index contributed by atoms with van der Waals surface area (Å²) in [5, 5.41) is 7.65. The minimum absolute atomic E-state index is 0.380. The molecule has 3 heterocycles. The molecule has 9 nitrogen and oxygen atoms in total. The molecule has 3 aromatic rings. The van der Waals surface area contributed by atoms with Crippen molar-refractivity contribution in [2.45, 2.75) is 25.3 Å². The van der Waals surface area contributed by atoms with Gasteiger partial charge in [0.25, 0.3) is 0 Å². The SMILES string of the molecule is NC(=O)c1ccc(Nc2nc(Cc3cnn(C4CCOCC4)c3)ncc2N)cc1. The van der Waals surface area contributed by atoms with E-state index < -0.39 is 5.91 Å². The molecule has 1 amide bonds. The predicted octanol–water partition coefficient (Wildman–Crippen LogP) is 2.04. The second kappa shape index (κ2) is 8.27. The maximum absolute atomic E-state index is 11.2.